The summed E-state index contributed by atoms with van der Waals surface area (Å²) < 4.78 is 1.91. The molecule has 2 aromatic heterocycles. The van der Waals surface area contributed by atoms with E-state index in [9.17, 15) is 4.79 Å². The zero-order valence-corrected chi connectivity index (χ0v) is 16.6. The number of rotatable bonds is 6. The van der Waals surface area contributed by atoms with Gasteiger partial charge in [0.2, 0.25) is 5.95 Å². The highest BCUT2D eigenvalue weighted by Gasteiger charge is 2.27. The van der Waals surface area contributed by atoms with Gasteiger partial charge in [-0.3, -0.25) is 4.68 Å². The third kappa shape index (κ3) is 4.38. The third-order valence-corrected chi connectivity index (χ3v) is 5.90. The lowest BCUT2D eigenvalue weighted by Gasteiger charge is -2.29. The van der Waals surface area contributed by atoms with Crippen LogP contribution in [-0.4, -0.2) is 43.0 Å². The Morgan fingerprint density at radius 2 is 1.93 bits per heavy atom. The highest BCUT2D eigenvalue weighted by atomic mass is 35.5. The molecule has 0 spiro atoms. The number of amides is 1. The Morgan fingerprint density at radius 3 is 2.61 bits per heavy atom. The van der Waals surface area contributed by atoms with Crippen molar-refractivity contribution in [3.05, 3.63) is 23.1 Å². The number of hydrogen-bond acceptors (Lipinski definition) is 5. The van der Waals surface area contributed by atoms with E-state index in [4.69, 9.17) is 16.7 Å². The Labute approximate surface area is 168 Å². The number of anilines is 1. The van der Waals surface area contributed by atoms with E-state index in [1.165, 1.54) is 12.8 Å². The van der Waals surface area contributed by atoms with Crippen molar-refractivity contribution in [3.63, 3.8) is 0 Å². The maximum atomic E-state index is 10.8. The molecule has 28 heavy (non-hydrogen) atoms. The van der Waals surface area contributed by atoms with Gasteiger partial charge in [0.15, 0.2) is 0 Å². The number of nitrogens with zero attached hydrogens (tertiary/aromatic N) is 4. The molecule has 2 aromatic rings. The van der Waals surface area contributed by atoms with Crippen molar-refractivity contribution in [2.75, 3.05) is 5.32 Å². The molecular weight excluding hydrogens is 380 g/mol. The van der Waals surface area contributed by atoms with Crippen LogP contribution in [0.3, 0.4) is 0 Å². The van der Waals surface area contributed by atoms with Crippen LogP contribution in [0.1, 0.15) is 44.2 Å². The van der Waals surface area contributed by atoms with E-state index < -0.39 is 6.09 Å². The van der Waals surface area contributed by atoms with Gasteiger partial charge in [-0.2, -0.15) is 5.10 Å². The SMILES string of the molecule is Cn1ncc(-c2nc(N[C@H]3CC[C@H](NC(=O)O)CC3)ncc2Cl)c1CC1CC1. The molecule has 4 rings (SSSR count). The third-order valence-electron chi connectivity index (χ3n) is 5.63. The quantitative estimate of drug-likeness (QED) is 0.680. The summed E-state index contributed by atoms with van der Waals surface area (Å²) >= 11 is 6.42. The van der Waals surface area contributed by atoms with Crippen LogP contribution in [-0.2, 0) is 13.5 Å². The fraction of sp³-hybridized carbons (Fsp3) is 0.579. The molecule has 0 atom stereocenters. The van der Waals surface area contributed by atoms with Crippen molar-refractivity contribution in [1.29, 1.82) is 0 Å². The monoisotopic (exact) mass is 404 g/mol. The number of aromatic nitrogens is 4. The maximum Gasteiger partial charge on any atom is 0.404 e. The lowest BCUT2D eigenvalue weighted by molar-refractivity contribution is 0.185. The van der Waals surface area contributed by atoms with E-state index in [1.54, 1.807) is 6.20 Å². The van der Waals surface area contributed by atoms with Gasteiger partial charge in [0.1, 0.15) is 0 Å². The Morgan fingerprint density at radius 1 is 1.21 bits per heavy atom. The van der Waals surface area contributed by atoms with Gasteiger partial charge in [0.05, 0.1) is 23.1 Å². The minimum Gasteiger partial charge on any atom is -0.465 e. The fourth-order valence-corrected chi connectivity index (χ4v) is 4.06. The normalized spacial score (nSPS) is 22.1. The van der Waals surface area contributed by atoms with Crippen molar-refractivity contribution < 1.29 is 9.90 Å². The minimum absolute atomic E-state index is 0.0256. The Hall–Kier alpha value is -2.35. The van der Waals surface area contributed by atoms with Gasteiger partial charge >= 0.3 is 6.09 Å². The standard InChI is InChI=1S/C19H25ClN6O2/c1-26-16(8-11-2-3-11)14(9-22-26)17-15(20)10-21-18(25-17)23-12-4-6-13(7-5-12)24-19(27)28/h9-13,24H,2-8H2,1H3,(H,27,28)(H,21,23,25)/t12-,13-. The van der Waals surface area contributed by atoms with Crippen LogP contribution in [0.5, 0.6) is 0 Å². The van der Waals surface area contributed by atoms with Crippen LogP contribution in [0, 0.1) is 5.92 Å². The minimum atomic E-state index is -0.958. The van der Waals surface area contributed by atoms with E-state index in [-0.39, 0.29) is 12.1 Å². The smallest absolute Gasteiger partial charge is 0.404 e. The van der Waals surface area contributed by atoms with Gasteiger partial charge in [0.25, 0.3) is 0 Å². The van der Waals surface area contributed by atoms with Gasteiger partial charge < -0.3 is 15.7 Å². The number of hydrogen-bond donors (Lipinski definition) is 3. The number of carboxylic acid groups (broad SMARTS) is 1. The van der Waals surface area contributed by atoms with Gasteiger partial charge in [-0.15, -0.1) is 0 Å². The molecule has 2 heterocycles. The van der Waals surface area contributed by atoms with Crippen molar-refractivity contribution >= 4 is 23.6 Å². The maximum absolute atomic E-state index is 10.8. The average Bonchev–Trinajstić information content (AvgIpc) is 3.41. The number of halogens is 1. The second-order valence-electron chi connectivity index (χ2n) is 7.81. The first-order valence-corrected chi connectivity index (χ1v) is 10.2. The number of carbonyl (C=O) groups is 1. The molecule has 0 unspecified atom stereocenters. The lowest BCUT2D eigenvalue weighted by Crippen LogP contribution is -2.39. The van der Waals surface area contributed by atoms with E-state index in [2.05, 4.69) is 25.7 Å². The Bertz CT molecular complexity index is 858. The molecule has 9 heteroatoms. The van der Waals surface area contributed by atoms with E-state index in [0.29, 0.717) is 16.7 Å². The molecule has 2 fully saturated rings. The second kappa shape index (κ2) is 7.95. The van der Waals surface area contributed by atoms with Crippen LogP contribution in [0.4, 0.5) is 10.7 Å². The summed E-state index contributed by atoms with van der Waals surface area (Å²) in [6.07, 6.45) is 9.39. The van der Waals surface area contributed by atoms with Gasteiger partial charge in [0, 0.05) is 30.4 Å². The highest BCUT2D eigenvalue weighted by Crippen LogP contribution is 2.37. The molecule has 8 nitrogen and oxygen atoms in total. The summed E-state index contributed by atoms with van der Waals surface area (Å²) in [6, 6.07) is 0.248. The van der Waals surface area contributed by atoms with E-state index in [0.717, 1.165) is 49.3 Å². The second-order valence-corrected chi connectivity index (χ2v) is 8.22. The van der Waals surface area contributed by atoms with E-state index in [1.807, 2.05) is 17.9 Å². The fourth-order valence-electron chi connectivity index (χ4n) is 3.86. The van der Waals surface area contributed by atoms with Crippen molar-refractivity contribution in [2.24, 2.45) is 13.0 Å². The summed E-state index contributed by atoms with van der Waals surface area (Å²) in [5, 5.41) is 19.7. The first-order chi connectivity index (χ1) is 13.5. The van der Waals surface area contributed by atoms with Crippen LogP contribution in [0.25, 0.3) is 11.3 Å². The number of nitrogens with one attached hydrogen (secondary N) is 2. The van der Waals surface area contributed by atoms with Crippen LogP contribution >= 0.6 is 11.6 Å². The first kappa shape index (κ1) is 19.0. The zero-order valence-electron chi connectivity index (χ0n) is 15.9. The van der Waals surface area contributed by atoms with Crippen molar-refractivity contribution in [1.82, 2.24) is 25.1 Å². The van der Waals surface area contributed by atoms with Crippen LogP contribution in [0.15, 0.2) is 12.4 Å². The van der Waals surface area contributed by atoms with Gasteiger partial charge in [-0.1, -0.05) is 11.6 Å². The van der Waals surface area contributed by atoms with Crippen LogP contribution < -0.4 is 10.6 Å². The summed E-state index contributed by atoms with van der Waals surface area (Å²) in [7, 11) is 1.96. The van der Waals surface area contributed by atoms with Crippen molar-refractivity contribution in [3.8, 4) is 11.3 Å². The van der Waals surface area contributed by atoms with Gasteiger partial charge in [-0.25, -0.2) is 14.8 Å². The lowest BCUT2D eigenvalue weighted by atomic mass is 9.91. The molecule has 0 aliphatic heterocycles. The molecule has 0 aromatic carbocycles. The summed E-state index contributed by atoms with van der Waals surface area (Å²) in [5.41, 5.74) is 2.85. The van der Waals surface area contributed by atoms with Crippen LogP contribution in [0.2, 0.25) is 5.02 Å². The molecular formula is C19H25ClN6O2. The molecule has 2 aliphatic rings. The zero-order chi connectivity index (χ0) is 19.7. The van der Waals surface area contributed by atoms with Gasteiger partial charge in [-0.05, 0) is 50.9 Å². The Kier molecular flexibility index (Phi) is 5.39. The number of aryl methyl sites for hydroxylation is 1. The molecule has 3 N–H and O–H groups in total. The molecule has 0 saturated heterocycles. The summed E-state index contributed by atoms with van der Waals surface area (Å²) in [6.45, 7) is 0. The largest absolute Gasteiger partial charge is 0.465 e. The molecule has 2 aliphatic carbocycles. The average molecular weight is 405 g/mol. The van der Waals surface area contributed by atoms with E-state index >= 15 is 0 Å². The van der Waals surface area contributed by atoms with Crippen molar-refractivity contribution in [2.45, 2.75) is 57.0 Å². The molecule has 0 bridgehead atoms. The summed E-state index contributed by atoms with van der Waals surface area (Å²) in [5.74, 6) is 1.29. The topological polar surface area (TPSA) is 105 Å². The molecule has 2 saturated carbocycles. The first-order valence-electron chi connectivity index (χ1n) is 9.79. The predicted octanol–water partition coefficient (Wildman–Crippen LogP) is 3.47. The molecule has 1 amide bonds. The Balaban J connectivity index is 1.47. The predicted molar refractivity (Wildman–Crippen MR) is 106 cm³/mol. The molecule has 150 valence electrons. The molecule has 0 radical (unpaired) electrons. The highest BCUT2D eigenvalue weighted by molar-refractivity contribution is 6.32. The summed E-state index contributed by atoms with van der Waals surface area (Å²) in [4.78, 5) is 19.8.